The van der Waals surface area contributed by atoms with E-state index in [0.717, 1.165) is 11.1 Å². The maximum Gasteiger partial charge on any atom is 0.338 e. The van der Waals surface area contributed by atoms with Crippen molar-refractivity contribution in [2.75, 3.05) is 13.2 Å². The first-order chi connectivity index (χ1) is 13.4. The quantitative estimate of drug-likeness (QED) is 0.378. The smallest absolute Gasteiger partial charge is 0.338 e. The zero-order valence-electron chi connectivity index (χ0n) is 17.2. The van der Waals surface area contributed by atoms with E-state index in [2.05, 4.69) is 13.2 Å². The second-order valence-corrected chi connectivity index (χ2v) is 5.72. The maximum absolute atomic E-state index is 11.9. The third kappa shape index (κ3) is 9.53. The molecule has 0 radical (unpaired) electrons. The van der Waals surface area contributed by atoms with Gasteiger partial charge in [-0.05, 0) is 51.0 Å². The monoisotopic (exact) mass is 382 g/mol. The van der Waals surface area contributed by atoms with E-state index in [1.165, 1.54) is 0 Å². The predicted octanol–water partition coefficient (Wildman–Crippen LogP) is 5.70. The van der Waals surface area contributed by atoms with Crippen LogP contribution in [0.25, 0.3) is 0 Å². The molecule has 2 aromatic carbocycles. The first-order valence-electron chi connectivity index (χ1n) is 9.02. The molecule has 0 N–H and O–H groups in total. The Bertz CT molecular complexity index is 697. The summed E-state index contributed by atoms with van der Waals surface area (Å²) in [5, 5.41) is 0. The van der Waals surface area contributed by atoms with Crippen LogP contribution in [0.5, 0.6) is 0 Å². The van der Waals surface area contributed by atoms with Crippen LogP contribution in [-0.2, 0) is 9.47 Å². The van der Waals surface area contributed by atoms with Crippen LogP contribution < -0.4 is 0 Å². The van der Waals surface area contributed by atoms with Crippen molar-refractivity contribution >= 4 is 11.9 Å². The summed E-state index contributed by atoms with van der Waals surface area (Å²) >= 11 is 0. The predicted molar refractivity (Wildman–Crippen MR) is 115 cm³/mol. The second-order valence-electron chi connectivity index (χ2n) is 5.72. The number of aryl methyl sites for hydroxylation is 2. The van der Waals surface area contributed by atoms with Crippen molar-refractivity contribution in [2.24, 2.45) is 0 Å². The summed E-state index contributed by atoms with van der Waals surface area (Å²) in [7, 11) is 0. The lowest BCUT2D eigenvalue weighted by Crippen LogP contribution is -2.15. The highest BCUT2D eigenvalue weighted by Crippen LogP contribution is 2.10. The van der Waals surface area contributed by atoms with Crippen LogP contribution in [0.1, 0.15) is 45.7 Å². The molecular weight excluding hydrogens is 352 g/mol. The fourth-order valence-electron chi connectivity index (χ4n) is 2.03. The lowest BCUT2D eigenvalue weighted by atomic mass is 10.1. The molecule has 2 aromatic rings. The maximum atomic E-state index is 11.9. The minimum absolute atomic E-state index is 0.0325. The molecule has 0 fully saturated rings. The van der Waals surface area contributed by atoms with Crippen molar-refractivity contribution < 1.29 is 19.1 Å². The standard InChI is InChI=1S/C18H18O4.2C3H6/c1-13-7-3-5-9-15(13)17(19)21-11-12-22-18(20)16-10-6-4-8-14(16)2;2*1-3-2/h3-10H,11-12H2,1-2H3;2*3H,1H2,2H3. The first kappa shape index (κ1) is 24.9. The largest absolute Gasteiger partial charge is 0.458 e. The summed E-state index contributed by atoms with van der Waals surface area (Å²) in [5.74, 6) is -0.824. The van der Waals surface area contributed by atoms with Crippen molar-refractivity contribution in [1.29, 1.82) is 0 Å². The number of rotatable bonds is 5. The molecule has 0 unspecified atom stereocenters. The van der Waals surface area contributed by atoms with Gasteiger partial charge in [-0.2, -0.15) is 0 Å². The highest BCUT2D eigenvalue weighted by molar-refractivity contribution is 5.91. The van der Waals surface area contributed by atoms with Crippen LogP contribution >= 0.6 is 0 Å². The van der Waals surface area contributed by atoms with Gasteiger partial charge in [-0.1, -0.05) is 48.6 Å². The van der Waals surface area contributed by atoms with Crippen molar-refractivity contribution in [2.45, 2.75) is 27.7 Å². The molecule has 0 spiro atoms. The Morgan fingerprint density at radius 2 is 1.04 bits per heavy atom. The zero-order chi connectivity index (χ0) is 21.4. The van der Waals surface area contributed by atoms with Gasteiger partial charge in [-0.3, -0.25) is 0 Å². The molecule has 0 aliphatic carbocycles. The summed E-state index contributed by atoms with van der Waals surface area (Å²) in [6.07, 6.45) is 3.50. The van der Waals surface area contributed by atoms with Gasteiger partial charge in [0.2, 0.25) is 0 Å². The van der Waals surface area contributed by atoms with Crippen molar-refractivity contribution in [1.82, 2.24) is 0 Å². The Kier molecular flexibility index (Phi) is 13.3. The van der Waals surface area contributed by atoms with Crippen LogP contribution in [0, 0.1) is 13.8 Å². The minimum Gasteiger partial charge on any atom is -0.458 e. The fraction of sp³-hybridized carbons (Fsp3) is 0.250. The molecular formula is C24H30O4. The van der Waals surface area contributed by atoms with Gasteiger partial charge in [0.1, 0.15) is 13.2 Å². The summed E-state index contributed by atoms with van der Waals surface area (Å²) < 4.78 is 10.2. The Morgan fingerprint density at radius 1 is 0.750 bits per heavy atom. The molecule has 0 aliphatic rings. The lowest BCUT2D eigenvalue weighted by Gasteiger charge is -2.09. The number of esters is 2. The van der Waals surface area contributed by atoms with E-state index in [1.807, 2.05) is 52.0 Å². The van der Waals surface area contributed by atoms with Crippen molar-refractivity contribution in [3.8, 4) is 0 Å². The topological polar surface area (TPSA) is 52.6 Å². The van der Waals surface area contributed by atoms with Crippen molar-refractivity contribution in [3.63, 3.8) is 0 Å². The number of carbonyl (C=O) groups excluding carboxylic acids is 2. The zero-order valence-corrected chi connectivity index (χ0v) is 17.2. The average Bonchev–Trinajstić information content (AvgIpc) is 2.67. The number of ether oxygens (including phenoxy) is 2. The van der Waals surface area contributed by atoms with E-state index in [0.29, 0.717) is 11.1 Å². The highest BCUT2D eigenvalue weighted by Gasteiger charge is 2.12. The molecule has 0 bridgehead atoms. The van der Waals surface area contributed by atoms with Gasteiger partial charge >= 0.3 is 11.9 Å². The van der Waals surface area contributed by atoms with E-state index < -0.39 is 11.9 Å². The molecule has 0 aromatic heterocycles. The molecule has 0 saturated heterocycles. The van der Waals surface area contributed by atoms with E-state index in [1.54, 1.807) is 36.4 Å². The Morgan fingerprint density at radius 3 is 1.32 bits per heavy atom. The molecule has 0 aliphatic heterocycles. The molecule has 4 heteroatoms. The number of hydrogen-bond acceptors (Lipinski definition) is 4. The summed E-state index contributed by atoms with van der Waals surface area (Å²) in [5.41, 5.74) is 2.74. The summed E-state index contributed by atoms with van der Waals surface area (Å²) in [6, 6.07) is 14.4. The van der Waals surface area contributed by atoms with Crippen LogP contribution in [0.3, 0.4) is 0 Å². The number of allylic oxidation sites excluding steroid dienone is 2. The fourth-order valence-corrected chi connectivity index (χ4v) is 2.03. The van der Waals surface area contributed by atoms with E-state index in [4.69, 9.17) is 9.47 Å². The highest BCUT2D eigenvalue weighted by atomic mass is 16.6. The van der Waals surface area contributed by atoms with Crippen LogP contribution in [-0.4, -0.2) is 25.2 Å². The number of benzene rings is 2. The molecule has 0 amide bonds. The second kappa shape index (κ2) is 15.0. The number of hydrogen-bond donors (Lipinski definition) is 0. The molecule has 0 atom stereocenters. The summed E-state index contributed by atoms with van der Waals surface area (Å²) in [4.78, 5) is 23.7. The molecule has 28 heavy (non-hydrogen) atoms. The Balaban J connectivity index is 0.00000108. The average molecular weight is 383 g/mol. The van der Waals surface area contributed by atoms with E-state index in [9.17, 15) is 9.59 Å². The third-order valence-electron chi connectivity index (χ3n) is 3.28. The molecule has 0 saturated carbocycles. The normalized spacial score (nSPS) is 8.86. The molecule has 4 nitrogen and oxygen atoms in total. The Labute approximate surface area is 168 Å². The Hall–Kier alpha value is -3.14. The first-order valence-corrected chi connectivity index (χ1v) is 9.02. The molecule has 0 heterocycles. The lowest BCUT2D eigenvalue weighted by molar-refractivity contribution is 0.0264. The molecule has 150 valence electrons. The minimum atomic E-state index is -0.412. The van der Waals surface area contributed by atoms with E-state index in [-0.39, 0.29) is 13.2 Å². The van der Waals surface area contributed by atoms with Gasteiger partial charge in [0.05, 0.1) is 11.1 Å². The van der Waals surface area contributed by atoms with E-state index >= 15 is 0 Å². The summed E-state index contributed by atoms with van der Waals surface area (Å²) in [6.45, 7) is 14.2. The van der Waals surface area contributed by atoms with Gasteiger partial charge in [0.15, 0.2) is 0 Å². The third-order valence-corrected chi connectivity index (χ3v) is 3.28. The van der Waals surface area contributed by atoms with Crippen molar-refractivity contribution in [3.05, 3.63) is 96.1 Å². The SMILES string of the molecule is C=CC.C=CC.Cc1ccccc1C(=O)OCCOC(=O)c1ccccc1C. The van der Waals surface area contributed by atoms with Gasteiger partial charge in [-0.25, -0.2) is 9.59 Å². The van der Waals surface area contributed by atoms with Crippen LogP contribution in [0.15, 0.2) is 73.8 Å². The van der Waals surface area contributed by atoms with Gasteiger partial charge in [0.25, 0.3) is 0 Å². The van der Waals surface area contributed by atoms with Gasteiger partial charge in [0, 0.05) is 0 Å². The van der Waals surface area contributed by atoms with Crippen LogP contribution in [0.2, 0.25) is 0 Å². The number of carbonyl (C=O) groups is 2. The van der Waals surface area contributed by atoms with Gasteiger partial charge in [-0.15, -0.1) is 13.2 Å². The van der Waals surface area contributed by atoms with Crippen LogP contribution in [0.4, 0.5) is 0 Å². The van der Waals surface area contributed by atoms with Gasteiger partial charge < -0.3 is 9.47 Å². The molecule has 2 rings (SSSR count).